The topological polar surface area (TPSA) is 86.8 Å². The van der Waals surface area contributed by atoms with Crippen LogP contribution in [0.2, 0.25) is 0 Å². The van der Waals surface area contributed by atoms with Gasteiger partial charge in [0.05, 0.1) is 10.8 Å². The Morgan fingerprint density at radius 1 is 1.00 bits per heavy atom. The normalized spacial score (nSPS) is 22.9. The molecule has 2 fully saturated rings. The fourth-order valence-corrected chi connectivity index (χ4v) is 6.61. The van der Waals surface area contributed by atoms with Crippen LogP contribution in [0, 0.1) is 18.8 Å². The van der Waals surface area contributed by atoms with Crippen molar-refractivity contribution in [2.75, 3.05) is 23.3 Å². The second-order valence-electron chi connectivity index (χ2n) is 9.88. The second kappa shape index (κ2) is 8.82. The van der Waals surface area contributed by atoms with E-state index in [1.807, 2.05) is 43.0 Å². The van der Waals surface area contributed by atoms with Crippen LogP contribution in [0.15, 0.2) is 47.4 Å². The van der Waals surface area contributed by atoms with E-state index >= 15 is 0 Å². The van der Waals surface area contributed by atoms with Crippen LogP contribution in [-0.4, -0.2) is 43.7 Å². The minimum absolute atomic E-state index is 0.0332. The van der Waals surface area contributed by atoms with Gasteiger partial charge in [0, 0.05) is 36.4 Å². The molecule has 2 aromatic rings. The van der Waals surface area contributed by atoms with E-state index < -0.39 is 15.9 Å². The van der Waals surface area contributed by atoms with Gasteiger partial charge in [0.2, 0.25) is 21.8 Å². The van der Waals surface area contributed by atoms with E-state index in [0.717, 1.165) is 29.7 Å². The fraction of sp³-hybridized carbons (Fsp3) is 0.462. The molecule has 7 nitrogen and oxygen atoms in total. The molecule has 180 valence electrons. The molecular formula is C26H31N3O4S. The number of hydrogen-bond acceptors (Lipinski definition) is 4. The van der Waals surface area contributed by atoms with E-state index in [1.54, 1.807) is 18.2 Å². The van der Waals surface area contributed by atoms with Crippen molar-refractivity contribution >= 4 is 33.2 Å². The summed E-state index contributed by atoms with van der Waals surface area (Å²) in [5.74, 6) is -0.278. The molecule has 0 unspecified atom stereocenters. The minimum atomic E-state index is -3.74. The van der Waals surface area contributed by atoms with Gasteiger partial charge in [-0.2, -0.15) is 4.31 Å². The molecule has 8 heteroatoms. The predicted molar refractivity (Wildman–Crippen MR) is 131 cm³/mol. The highest BCUT2D eigenvalue weighted by Gasteiger charge is 2.40. The first-order chi connectivity index (χ1) is 16.2. The van der Waals surface area contributed by atoms with Gasteiger partial charge >= 0.3 is 0 Å². The van der Waals surface area contributed by atoms with E-state index in [9.17, 15) is 18.0 Å². The number of rotatable bonds is 5. The van der Waals surface area contributed by atoms with Crippen LogP contribution in [0.1, 0.15) is 43.7 Å². The van der Waals surface area contributed by atoms with Gasteiger partial charge < -0.3 is 10.2 Å². The highest BCUT2D eigenvalue weighted by atomic mass is 32.2. The lowest BCUT2D eigenvalue weighted by Crippen LogP contribution is -2.43. The van der Waals surface area contributed by atoms with Gasteiger partial charge in [0.25, 0.3) is 0 Å². The summed E-state index contributed by atoms with van der Waals surface area (Å²) < 4.78 is 28.4. The SMILES string of the molecule is Cc1ccc(NC(=O)[C@@H]2CCCN(S(=O)(=O)c3ccc4c(c3)C[C@H](C)N4C(=O)C3CC3)C2)cc1. The Kier molecular flexibility index (Phi) is 5.98. The van der Waals surface area contributed by atoms with Crippen LogP contribution in [0.25, 0.3) is 0 Å². The summed E-state index contributed by atoms with van der Waals surface area (Å²) in [4.78, 5) is 27.6. The van der Waals surface area contributed by atoms with Gasteiger partial charge in [-0.25, -0.2) is 8.42 Å². The van der Waals surface area contributed by atoms with Gasteiger partial charge in [-0.3, -0.25) is 9.59 Å². The highest BCUT2D eigenvalue weighted by molar-refractivity contribution is 7.89. The number of aryl methyl sites for hydroxylation is 1. The first kappa shape index (κ1) is 23.1. The highest BCUT2D eigenvalue weighted by Crippen LogP contribution is 2.40. The third-order valence-corrected chi connectivity index (χ3v) is 9.00. The zero-order valence-electron chi connectivity index (χ0n) is 19.7. The fourth-order valence-electron chi connectivity index (χ4n) is 5.04. The van der Waals surface area contributed by atoms with E-state index in [1.165, 1.54) is 4.31 Å². The standard InChI is InChI=1S/C26H31N3O4S/c1-17-5-9-22(10-6-17)27-25(30)20-4-3-13-28(16-20)34(32,33)23-11-12-24-21(15-23)14-18(2)29(24)26(31)19-7-8-19/h5-6,9-12,15,18-20H,3-4,7-8,13-14,16H2,1-2H3,(H,27,30)/t18-,20+/m0/s1. The number of hydrogen-bond donors (Lipinski definition) is 1. The summed E-state index contributed by atoms with van der Waals surface area (Å²) in [6, 6.07) is 12.7. The van der Waals surface area contributed by atoms with E-state index in [4.69, 9.17) is 0 Å². The molecule has 2 atom stereocenters. The van der Waals surface area contributed by atoms with Crippen molar-refractivity contribution in [2.45, 2.75) is 56.9 Å². The number of benzene rings is 2. The van der Waals surface area contributed by atoms with Gasteiger partial charge in [0.1, 0.15) is 0 Å². The van der Waals surface area contributed by atoms with Crippen molar-refractivity contribution in [3.63, 3.8) is 0 Å². The maximum absolute atomic E-state index is 13.5. The van der Waals surface area contributed by atoms with E-state index in [2.05, 4.69) is 5.32 Å². The molecule has 1 aliphatic carbocycles. The molecule has 2 aromatic carbocycles. The molecule has 1 saturated carbocycles. The Morgan fingerprint density at radius 2 is 1.74 bits per heavy atom. The summed E-state index contributed by atoms with van der Waals surface area (Å²) in [6.07, 6.45) is 3.83. The Bertz CT molecular complexity index is 1220. The van der Waals surface area contributed by atoms with Crippen molar-refractivity contribution in [1.29, 1.82) is 0 Å². The Balaban J connectivity index is 1.31. The molecule has 34 heavy (non-hydrogen) atoms. The van der Waals surface area contributed by atoms with Crippen LogP contribution in [0.5, 0.6) is 0 Å². The number of sulfonamides is 1. The number of fused-ring (bicyclic) bond motifs is 1. The molecule has 0 bridgehead atoms. The molecule has 0 radical (unpaired) electrons. The average molecular weight is 482 g/mol. The van der Waals surface area contributed by atoms with Crippen molar-refractivity contribution in [1.82, 2.24) is 4.31 Å². The Morgan fingerprint density at radius 3 is 2.44 bits per heavy atom. The van der Waals surface area contributed by atoms with Crippen molar-refractivity contribution in [3.05, 3.63) is 53.6 Å². The number of piperidine rings is 1. The van der Waals surface area contributed by atoms with Gasteiger partial charge in [0.15, 0.2) is 0 Å². The van der Waals surface area contributed by atoms with Gasteiger partial charge in [-0.1, -0.05) is 17.7 Å². The number of carbonyl (C=O) groups is 2. The van der Waals surface area contributed by atoms with Crippen LogP contribution >= 0.6 is 0 Å². The molecule has 2 heterocycles. The lowest BCUT2D eigenvalue weighted by molar-refractivity contribution is -0.121. The molecule has 2 aliphatic heterocycles. The molecule has 2 amide bonds. The van der Waals surface area contributed by atoms with E-state index in [0.29, 0.717) is 31.5 Å². The molecule has 5 rings (SSSR count). The predicted octanol–water partition coefficient (Wildman–Crippen LogP) is 3.72. The smallest absolute Gasteiger partial charge is 0.243 e. The monoisotopic (exact) mass is 481 g/mol. The first-order valence-corrected chi connectivity index (χ1v) is 13.5. The van der Waals surface area contributed by atoms with Gasteiger partial charge in [-0.15, -0.1) is 0 Å². The number of nitrogens with one attached hydrogen (secondary N) is 1. The summed E-state index contributed by atoms with van der Waals surface area (Å²) in [5, 5.41) is 2.92. The first-order valence-electron chi connectivity index (χ1n) is 12.1. The molecule has 1 N–H and O–H groups in total. The maximum Gasteiger partial charge on any atom is 0.243 e. The van der Waals surface area contributed by atoms with Crippen LogP contribution in [0.4, 0.5) is 11.4 Å². The minimum Gasteiger partial charge on any atom is -0.326 e. The lowest BCUT2D eigenvalue weighted by Gasteiger charge is -2.31. The number of anilines is 2. The summed E-state index contributed by atoms with van der Waals surface area (Å²) in [7, 11) is -3.74. The zero-order valence-corrected chi connectivity index (χ0v) is 20.5. The molecule has 1 saturated heterocycles. The van der Waals surface area contributed by atoms with Crippen molar-refractivity contribution < 1.29 is 18.0 Å². The van der Waals surface area contributed by atoms with Crippen molar-refractivity contribution in [3.8, 4) is 0 Å². The Labute approximate surface area is 201 Å². The third kappa shape index (κ3) is 4.36. The number of carbonyl (C=O) groups excluding carboxylic acids is 2. The van der Waals surface area contributed by atoms with Crippen LogP contribution < -0.4 is 10.2 Å². The summed E-state index contributed by atoms with van der Waals surface area (Å²) in [5.41, 5.74) is 3.55. The molecule has 3 aliphatic rings. The molecule has 0 aromatic heterocycles. The van der Waals surface area contributed by atoms with Crippen LogP contribution in [0.3, 0.4) is 0 Å². The van der Waals surface area contributed by atoms with E-state index in [-0.39, 0.29) is 35.2 Å². The zero-order chi connectivity index (χ0) is 24.0. The number of amides is 2. The number of nitrogens with zero attached hydrogens (tertiary/aromatic N) is 2. The lowest BCUT2D eigenvalue weighted by atomic mass is 9.98. The van der Waals surface area contributed by atoms with Gasteiger partial charge in [-0.05, 0) is 81.8 Å². The second-order valence-corrected chi connectivity index (χ2v) is 11.8. The third-order valence-electron chi connectivity index (χ3n) is 7.14. The maximum atomic E-state index is 13.5. The quantitative estimate of drug-likeness (QED) is 0.705. The molecule has 0 spiro atoms. The largest absolute Gasteiger partial charge is 0.326 e. The van der Waals surface area contributed by atoms with Crippen LogP contribution in [-0.2, 0) is 26.0 Å². The molecular weight excluding hydrogens is 450 g/mol. The summed E-state index contributed by atoms with van der Waals surface area (Å²) in [6.45, 7) is 4.56. The average Bonchev–Trinajstić information content (AvgIpc) is 3.62. The Hall–Kier alpha value is -2.71. The summed E-state index contributed by atoms with van der Waals surface area (Å²) >= 11 is 0. The van der Waals surface area contributed by atoms with Crippen molar-refractivity contribution in [2.24, 2.45) is 11.8 Å².